The van der Waals surface area contributed by atoms with E-state index in [0.717, 1.165) is 17.7 Å². The molecule has 0 unspecified atom stereocenters. The highest BCUT2D eigenvalue weighted by Crippen LogP contribution is 2.34. The van der Waals surface area contributed by atoms with Crippen molar-refractivity contribution in [3.8, 4) is 0 Å². The van der Waals surface area contributed by atoms with Crippen molar-refractivity contribution in [1.29, 1.82) is 0 Å². The van der Waals surface area contributed by atoms with Crippen molar-refractivity contribution in [1.82, 2.24) is 19.7 Å². The molecule has 0 radical (unpaired) electrons. The molecule has 3 rings (SSSR count). The van der Waals surface area contributed by atoms with Crippen molar-refractivity contribution in [2.45, 2.75) is 25.5 Å². The van der Waals surface area contributed by atoms with E-state index in [9.17, 15) is 0 Å². The number of halogens is 1. The summed E-state index contributed by atoms with van der Waals surface area (Å²) in [5.74, 6) is 0.799. The number of anilines is 2. The second kappa shape index (κ2) is 5.50. The smallest absolute Gasteiger partial charge is 0.150 e. The van der Waals surface area contributed by atoms with Gasteiger partial charge in [-0.2, -0.15) is 5.10 Å². The molecule has 1 aliphatic rings. The summed E-state index contributed by atoms with van der Waals surface area (Å²) in [5.41, 5.74) is 7.86. The van der Waals surface area contributed by atoms with Gasteiger partial charge >= 0.3 is 0 Å². The van der Waals surface area contributed by atoms with Crippen LogP contribution >= 0.6 is 11.6 Å². The summed E-state index contributed by atoms with van der Waals surface area (Å²) in [4.78, 5) is 8.01. The van der Waals surface area contributed by atoms with Gasteiger partial charge in [0, 0.05) is 24.9 Å². The summed E-state index contributed by atoms with van der Waals surface area (Å²) in [6, 6.07) is 0.0692. The van der Waals surface area contributed by atoms with Crippen LogP contribution in [0, 0.1) is 6.92 Å². The lowest BCUT2D eigenvalue weighted by molar-refractivity contribution is 0.107. The van der Waals surface area contributed by atoms with E-state index in [-0.39, 0.29) is 18.0 Å². The molecule has 1 fully saturated rings. The highest BCUT2D eigenvalue weighted by atomic mass is 35.5. The molecular weight excluding hydrogens is 292 g/mol. The highest BCUT2D eigenvalue weighted by Gasteiger charge is 2.32. The molecule has 0 spiro atoms. The van der Waals surface area contributed by atoms with Crippen molar-refractivity contribution in [2.24, 2.45) is 7.05 Å². The lowest BCUT2D eigenvalue weighted by Crippen LogP contribution is -2.24. The minimum absolute atomic E-state index is 0.0692. The van der Waals surface area contributed by atoms with Gasteiger partial charge in [0.2, 0.25) is 0 Å². The Morgan fingerprint density at radius 1 is 1.48 bits per heavy atom. The lowest BCUT2D eigenvalue weighted by atomic mass is 10.0. The van der Waals surface area contributed by atoms with Crippen LogP contribution in [0.2, 0.25) is 5.02 Å². The van der Waals surface area contributed by atoms with Crippen molar-refractivity contribution in [3.05, 3.63) is 28.8 Å². The van der Waals surface area contributed by atoms with Gasteiger partial charge in [0.05, 0.1) is 12.2 Å². The number of hydrogen-bond donors (Lipinski definition) is 2. The fourth-order valence-electron chi connectivity index (χ4n) is 2.50. The van der Waals surface area contributed by atoms with E-state index in [1.54, 1.807) is 0 Å². The molecule has 0 amide bonds. The predicted molar refractivity (Wildman–Crippen MR) is 80.1 cm³/mol. The first kappa shape index (κ1) is 14.1. The van der Waals surface area contributed by atoms with Crippen molar-refractivity contribution < 1.29 is 4.74 Å². The number of nitrogens with two attached hydrogens (primary N) is 1. The van der Waals surface area contributed by atoms with E-state index < -0.39 is 0 Å². The van der Waals surface area contributed by atoms with E-state index >= 15 is 0 Å². The zero-order valence-electron chi connectivity index (χ0n) is 11.9. The Hall–Kier alpha value is -1.86. The van der Waals surface area contributed by atoms with E-state index in [0.29, 0.717) is 17.4 Å². The van der Waals surface area contributed by atoms with Gasteiger partial charge in [-0.25, -0.2) is 9.97 Å². The molecule has 2 aromatic heterocycles. The quantitative estimate of drug-likeness (QED) is 0.896. The average Bonchev–Trinajstić information content (AvgIpc) is 3.03. The lowest BCUT2D eigenvalue weighted by Gasteiger charge is -2.21. The Balaban J connectivity index is 1.85. The van der Waals surface area contributed by atoms with Crippen LogP contribution in [0.25, 0.3) is 0 Å². The molecule has 3 N–H and O–H groups in total. The normalized spacial score (nSPS) is 21.7. The molecule has 0 aromatic carbocycles. The zero-order valence-corrected chi connectivity index (χ0v) is 12.6. The third-order valence-corrected chi connectivity index (χ3v) is 4.18. The molecule has 7 nitrogen and oxygen atoms in total. The number of nitrogen functional groups attached to an aromatic ring is 1. The maximum absolute atomic E-state index is 6.13. The third-order valence-electron chi connectivity index (χ3n) is 3.81. The number of aryl methyl sites for hydroxylation is 1. The Labute approximate surface area is 127 Å². The van der Waals surface area contributed by atoms with Crippen LogP contribution in [-0.2, 0) is 11.8 Å². The SMILES string of the molecule is Cc1c([C@H]2OCC[C@@H]2Nc2ncnc(N)c2Cl)cnn1C. The molecule has 21 heavy (non-hydrogen) atoms. The standard InChI is InChI=1S/C13H17ClN6O/c1-7-8(5-18-20(7)2)11-9(3-4-21-11)19-13-10(14)12(15)16-6-17-13/h5-6,9,11H,3-4H2,1-2H3,(H3,15,16,17,19)/t9-,11+/m0/s1. The van der Waals surface area contributed by atoms with Crippen LogP contribution in [0.3, 0.4) is 0 Å². The summed E-state index contributed by atoms with van der Waals surface area (Å²) in [6.45, 7) is 2.70. The van der Waals surface area contributed by atoms with Crippen molar-refractivity contribution >= 4 is 23.2 Å². The maximum Gasteiger partial charge on any atom is 0.150 e. The van der Waals surface area contributed by atoms with Crippen molar-refractivity contribution in [3.63, 3.8) is 0 Å². The molecule has 0 bridgehead atoms. The number of ether oxygens (including phenoxy) is 1. The summed E-state index contributed by atoms with van der Waals surface area (Å²) >= 11 is 6.13. The second-order valence-corrected chi connectivity index (χ2v) is 5.44. The van der Waals surface area contributed by atoms with E-state index in [1.807, 2.05) is 24.9 Å². The van der Waals surface area contributed by atoms with Gasteiger partial charge in [0.25, 0.3) is 0 Å². The Morgan fingerprint density at radius 2 is 2.29 bits per heavy atom. The van der Waals surface area contributed by atoms with Gasteiger partial charge in [-0.05, 0) is 13.3 Å². The van der Waals surface area contributed by atoms with E-state index in [1.165, 1.54) is 6.33 Å². The van der Waals surface area contributed by atoms with Crippen LogP contribution in [0.1, 0.15) is 23.8 Å². The van der Waals surface area contributed by atoms with Gasteiger partial charge in [-0.1, -0.05) is 11.6 Å². The number of nitrogens with zero attached hydrogens (tertiary/aromatic N) is 4. The first-order chi connectivity index (χ1) is 10.1. The summed E-state index contributed by atoms with van der Waals surface area (Å²) in [6.07, 6.45) is 4.02. The monoisotopic (exact) mass is 308 g/mol. The minimum atomic E-state index is -0.0778. The topological polar surface area (TPSA) is 90.9 Å². The van der Waals surface area contributed by atoms with Gasteiger partial charge in [0.1, 0.15) is 23.3 Å². The predicted octanol–water partition coefficient (Wildman–Crippen LogP) is 1.70. The molecule has 1 saturated heterocycles. The molecule has 2 atom stereocenters. The Kier molecular flexibility index (Phi) is 3.69. The molecule has 112 valence electrons. The molecule has 1 aliphatic heterocycles. The Bertz CT molecular complexity index is 658. The molecule has 0 aliphatic carbocycles. The first-order valence-corrected chi connectivity index (χ1v) is 7.08. The van der Waals surface area contributed by atoms with Gasteiger partial charge in [-0.3, -0.25) is 4.68 Å². The average molecular weight is 309 g/mol. The van der Waals surface area contributed by atoms with E-state index in [4.69, 9.17) is 22.1 Å². The van der Waals surface area contributed by atoms with Gasteiger partial charge in [0.15, 0.2) is 5.82 Å². The highest BCUT2D eigenvalue weighted by molar-refractivity contribution is 6.35. The molecule has 2 aromatic rings. The Morgan fingerprint density at radius 3 is 3.00 bits per heavy atom. The van der Waals surface area contributed by atoms with Crippen LogP contribution < -0.4 is 11.1 Å². The number of hydrogen-bond acceptors (Lipinski definition) is 6. The minimum Gasteiger partial charge on any atom is -0.382 e. The van der Waals surface area contributed by atoms with Crippen molar-refractivity contribution in [2.75, 3.05) is 17.7 Å². The fraction of sp³-hybridized carbons (Fsp3) is 0.462. The number of aromatic nitrogens is 4. The maximum atomic E-state index is 6.13. The largest absolute Gasteiger partial charge is 0.382 e. The molecular formula is C13H17ClN6O. The van der Waals surface area contributed by atoms with Gasteiger partial charge < -0.3 is 15.8 Å². The van der Waals surface area contributed by atoms with Crippen LogP contribution in [0.15, 0.2) is 12.5 Å². The summed E-state index contributed by atoms with van der Waals surface area (Å²) < 4.78 is 7.69. The summed E-state index contributed by atoms with van der Waals surface area (Å²) in [5, 5.41) is 7.92. The number of rotatable bonds is 3. The molecule has 0 saturated carbocycles. The molecule has 8 heteroatoms. The fourth-order valence-corrected chi connectivity index (χ4v) is 2.65. The summed E-state index contributed by atoms with van der Waals surface area (Å²) in [7, 11) is 1.91. The first-order valence-electron chi connectivity index (χ1n) is 6.70. The number of nitrogens with one attached hydrogen (secondary N) is 1. The van der Waals surface area contributed by atoms with Gasteiger partial charge in [-0.15, -0.1) is 0 Å². The molecule has 3 heterocycles. The second-order valence-electron chi connectivity index (χ2n) is 5.06. The third kappa shape index (κ3) is 2.54. The van der Waals surface area contributed by atoms with Crippen LogP contribution in [0.4, 0.5) is 11.6 Å². The zero-order chi connectivity index (χ0) is 15.0. The van der Waals surface area contributed by atoms with Crippen LogP contribution in [-0.4, -0.2) is 32.4 Å². The van der Waals surface area contributed by atoms with E-state index in [2.05, 4.69) is 20.4 Å². The van der Waals surface area contributed by atoms with Crippen LogP contribution in [0.5, 0.6) is 0 Å².